The average Bonchev–Trinajstić information content (AvgIpc) is 3.08. The van der Waals surface area contributed by atoms with Crippen LogP contribution in [0, 0.1) is 0 Å². The number of likely N-dealkylation sites (N-methyl/N-ethyl adjacent to an activating group) is 1. The fourth-order valence-corrected chi connectivity index (χ4v) is 5.47. The van der Waals surface area contributed by atoms with Crippen LogP contribution in [0.15, 0.2) is 33.2 Å². The highest BCUT2D eigenvalue weighted by Gasteiger charge is 2.29. The lowest BCUT2D eigenvalue weighted by molar-refractivity contribution is 0.379. The van der Waals surface area contributed by atoms with Crippen LogP contribution in [0.2, 0.25) is 0 Å². The highest BCUT2D eigenvalue weighted by Crippen LogP contribution is 2.32. The summed E-state index contributed by atoms with van der Waals surface area (Å²) in [7, 11) is -0.409. The van der Waals surface area contributed by atoms with Crippen LogP contribution in [-0.2, 0) is 16.4 Å². The van der Waals surface area contributed by atoms with E-state index in [0.29, 0.717) is 12.2 Å². The molecule has 0 fully saturated rings. The first-order valence-electron chi connectivity index (χ1n) is 6.08. The van der Waals surface area contributed by atoms with Crippen molar-refractivity contribution in [1.82, 2.24) is 4.31 Å². The van der Waals surface area contributed by atoms with Crippen LogP contribution in [0.25, 0.3) is 0 Å². The van der Waals surface area contributed by atoms with Gasteiger partial charge < -0.3 is 4.74 Å². The molecule has 1 unspecified atom stereocenters. The fraction of sp³-hybridized carbons (Fsp3) is 0.385. The second-order valence-electron chi connectivity index (χ2n) is 4.43. The number of ether oxygens (including phenoxy) is 1. The molecule has 0 aromatic carbocycles. The first-order valence-corrected chi connectivity index (χ1v) is 9.28. The van der Waals surface area contributed by atoms with Crippen molar-refractivity contribution in [3.8, 4) is 5.75 Å². The van der Waals surface area contributed by atoms with Gasteiger partial charge in [-0.05, 0) is 36.2 Å². The van der Waals surface area contributed by atoms with Crippen LogP contribution in [0.1, 0.15) is 11.8 Å². The molecule has 110 valence electrons. The van der Waals surface area contributed by atoms with Crippen molar-refractivity contribution in [1.29, 1.82) is 0 Å². The molecule has 2 aromatic rings. The molecular weight excluding hydrogens is 314 g/mol. The van der Waals surface area contributed by atoms with Gasteiger partial charge >= 0.3 is 0 Å². The highest BCUT2D eigenvalue weighted by molar-refractivity contribution is 7.91. The minimum atomic E-state index is -3.51. The van der Waals surface area contributed by atoms with Gasteiger partial charge in [0.05, 0.1) is 7.11 Å². The molecule has 0 aliphatic heterocycles. The topological polar surface area (TPSA) is 46.6 Å². The maximum atomic E-state index is 12.6. The van der Waals surface area contributed by atoms with E-state index in [4.69, 9.17) is 4.74 Å². The van der Waals surface area contributed by atoms with Crippen molar-refractivity contribution >= 4 is 32.7 Å². The van der Waals surface area contributed by atoms with Crippen LogP contribution in [-0.4, -0.2) is 32.9 Å². The zero-order valence-electron chi connectivity index (χ0n) is 11.6. The lowest BCUT2D eigenvalue weighted by Crippen LogP contribution is -2.36. The summed E-state index contributed by atoms with van der Waals surface area (Å²) in [6.07, 6.45) is 0.709. The van der Waals surface area contributed by atoms with Gasteiger partial charge in [-0.25, -0.2) is 8.42 Å². The van der Waals surface area contributed by atoms with Gasteiger partial charge in [-0.3, -0.25) is 0 Å². The van der Waals surface area contributed by atoms with Gasteiger partial charge in [0.2, 0.25) is 0 Å². The Labute approximate surface area is 127 Å². The van der Waals surface area contributed by atoms with E-state index in [-0.39, 0.29) is 10.3 Å². The third kappa shape index (κ3) is 3.06. The van der Waals surface area contributed by atoms with Crippen molar-refractivity contribution in [3.05, 3.63) is 33.8 Å². The molecule has 7 heteroatoms. The standard InChI is InChI=1S/C13H17NO3S3/c1-10(9-11-5-4-7-18-11)14(2)20(15,16)13-12(17-3)6-8-19-13/h4-8,10H,9H2,1-3H3. The second kappa shape index (κ2) is 6.26. The lowest BCUT2D eigenvalue weighted by Gasteiger charge is -2.23. The molecule has 2 aromatic heterocycles. The number of rotatable bonds is 6. The molecule has 0 aliphatic rings. The summed E-state index contributed by atoms with van der Waals surface area (Å²) in [6.45, 7) is 1.91. The number of nitrogens with zero attached hydrogens (tertiary/aromatic N) is 1. The molecule has 4 nitrogen and oxygen atoms in total. The van der Waals surface area contributed by atoms with Crippen molar-refractivity contribution in [2.24, 2.45) is 0 Å². The van der Waals surface area contributed by atoms with E-state index < -0.39 is 10.0 Å². The van der Waals surface area contributed by atoms with Crippen LogP contribution in [0.4, 0.5) is 0 Å². The van der Waals surface area contributed by atoms with Crippen LogP contribution >= 0.6 is 22.7 Å². The molecule has 0 aliphatic carbocycles. The minimum Gasteiger partial charge on any atom is -0.494 e. The Kier molecular flexibility index (Phi) is 4.85. The monoisotopic (exact) mass is 331 g/mol. The van der Waals surface area contributed by atoms with E-state index in [1.165, 1.54) is 27.6 Å². The van der Waals surface area contributed by atoms with E-state index in [0.717, 1.165) is 0 Å². The maximum absolute atomic E-state index is 12.6. The van der Waals surface area contributed by atoms with Gasteiger partial charge in [0.15, 0.2) is 4.21 Å². The highest BCUT2D eigenvalue weighted by atomic mass is 32.2. The van der Waals surface area contributed by atoms with Gasteiger partial charge in [0, 0.05) is 18.0 Å². The molecule has 0 saturated carbocycles. The van der Waals surface area contributed by atoms with Gasteiger partial charge in [0.25, 0.3) is 10.0 Å². The van der Waals surface area contributed by atoms with Gasteiger partial charge in [-0.15, -0.1) is 22.7 Å². The van der Waals surface area contributed by atoms with Crippen molar-refractivity contribution in [3.63, 3.8) is 0 Å². The maximum Gasteiger partial charge on any atom is 0.256 e. The zero-order chi connectivity index (χ0) is 14.8. The quantitative estimate of drug-likeness (QED) is 0.817. The second-order valence-corrected chi connectivity index (χ2v) is 8.57. The normalized spacial score (nSPS) is 13.6. The molecule has 0 spiro atoms. The Balaban J connectivity index is 2.20. The number of hydrogen-bond acceptors (Lipinski definition) is 5. The largest absolute Gasteiger partial charge is 0.494 e. The number of hydrogen-bond donors (Lipinski definition) is 0. The van der Waals surface area contributed by atoms with Crippen molar-refractivity contribution < 1.29 is 13.2 Å². The predicted octanol–water partition coefficient (Wildman–Crippen LogP) is 3.07. The van der Waals surface area contributed by atoms with Crippen molar-refractivity contribution in [2.75, 3.05) is 14.2 Å². The Hall–Kier alpha value is -0.890. The number of thiophene rings is 2. The first-order chi connectivity index (χ1) is 9.46. The minimum absolute atomic E-state index is 0.106. The van der Waals surface area contributed by atoms with E-state index >= 15 is 0 Å². The van der Waals surface area contributed by atoms with Crippen LogP contribution in [0.5, 0.6) is 5.75 Å². The Morgan fingerprint density at radius 1 is 1.30 bits per heavy atom. The van der Waals surface area contributed by atoms with Gasteiger partial charge in [-0.1, -0.05) is 6.07 Å². The van der Waals surface area contributed by atoms with E-state index in [9.17, 15) is 8.42 Å². The van der Waals surface area contributed by atoms with E-state index in [1.54, 1.807) is 29.8 Å². The predicted molar refractivity (Wildman–Crippen MR) is 83.3 cm³/mol. The Morgan fingerprint density at radius 2 is 2.05 bits per heavy atom. The molecule has 0 N–H and O–H groups in total. The van der Waals surface area contributed by atoms with Crippen LogP contribution in [0.3, 0.4) is 0 Å². The molecule has 0 radical (unpaired) electrons. The molecule has 2 rings (SSSR count). The Bertz CT molecular complexity index is 646. The smallest absolute Gasteiger partial charge is 0.256 e. The van der Waals surface area contributed by atoms with Gasteiger partial charge in [0.1, 0.15) is 5.75 Å². The lowest BCUT2D eigenvalue weighted by atomic mass is 10.2. The summed E-state index contributed by atoms with van der Waals surface area (Å²) in [5.41, 5.74) is 0. The average molecular weight is 331 g/mol. The van der Waals surface area contributed by atoms with E-state index in [1.807, 2.05) is 24.4 Å². The molecule has 2 heterocycles. The summed E-state index contributed by atoms with van der Waals surface area (Å²) >= 11 is 2.82. The van der Waals surface area contributed by atoms with E-state index in [2.05, 4.69) is 0 Å². The first kappa shape index (κ1) is 15.5. The Morgan fingerprint density at radius 3 is 2.65 bits per heavy atom. The summed E-state index contributed by atoms with van der Waals surface area (Å²) in [5.74, 6) is 0.408. The molecule has 20 heavy (non-hydrogen) atoms. The zero-order valence-corrected chi connectivity index (χ0v) is 14.0. The summed E-state index contributed by atoms with van der Waals surface area (Å²) < 4.78 is 32.0. The third-order valence-electron chi connectivity index (χ3n) is 3.13. The molecule has 0 bridgehead atoms. The fourth-order valence-electron chi connectivity index (χ4n) is 1.84. The third-order valence-corrected chi connectivity index (χ3v) is 7.42. The van der Waals surface area contributed by atoms with Crippen LogP contribution < -0.4 is 4.74 Å². The van der Waals surface area contributed by atoms with Crippen molar-refractivity contribution in [2.45, 2.75) is 23.6 Å². The number of sulfonamides is 1. The molecule has 1 atom stereocenters. The van der Waals surface area contributed by atoms with Gasteiger partial charge in [-0.2, -0.15) is 4.31 Å². The molecule has 0 amide bonds. The summed E-state index contributed by atoms with van der Waals surface area (Å²) in [4.78, 5) is 1.18. The molecular formula is C13H17NO3S3. The summed E-state index contributed by atoms with van der Waals surface area (Å²) in [5, 5.41) is 3.72. The SMILES string of the molecule is COc1ccsc1S(=O)(=O)N(C)C(C)Cc1cccs1. The number of methoxy groups -OCH3 is 1. The summed E-state index contributed by atoms with van der Waals surface area (Å²) in [6, 6.07) is 5.57. The molecule has 0 saturated heterocycles.